The Morgan fingerprint density at radius 3 is 2.23 bits per heavy atom. The number of hydrogen-bond donors (Lipinski definition) is 1. The van der Waals surface area contributed by atoms with E-state index in [4.69, 9.17) is 0 Å². The number of nitrogens with one attached hydrogen (secondary N) is 1. The highest BCUT2D eigenvalue weighted by molar-refractivity contribution is 5.94. The number of aryl methyl sites for hydroxylation is 2. The number of nitrogens with zero attached hydrogens (tertiary/aromatic N) is 3. The van der Waals surface area contributed by atoms with E-state index in [0.29, 0.717) is 18.7 Å². The number of likely N-dealkylation sites (tertiary alicyclic amines) is 1. The van der Waals surface area contributed by atoms with Crippen molar-refractivity contribution in [3.63, 3.8) is 0 Å². The van der Waals surface area contributed by atoms with E-state index < -0.39 is 0 Å². The number of hydrogen-bond acceptors (Lipinski definition) is 2. The van der Waals surface area contributed by atoms with Gasteiger partial charge >= 0.3 is 5.69 Å². The highest BCUT2D eigenvalue weighted by Gasteiger charge is 2.26. The van der Waals surface area contributed by atoms with Crippen molar-refractivity contribution in [2.24, 2.45) is 0 Å². The third kappa shape index (κ3) is 3.38. The molecule has 0 radical (unpaired) electrons. The van der Waals surface area contributed by atoms with E-state index in [1.165, 1.54) is 11.4 Å². The molecule has 1 aliphatic rings. The summed E-state index contributed by atoms with van der Waals surface area (Å²) in [6.07, 6.45) is 1.54. The zero-order valence-corrected chi connectivity index (χ0v) is 17.8. The number of rotatable bonds is 3. The zero-order valence-electron chi connectivity index (χ0n) is 17.8. The fraction of sp³-hybridized carbons (Fsp3) is 0.280. The predicted octanol–water partition coefficient (Wildman–Crippen LogP) is 4.21. The minimum absolute atomic E-state index is 0.0530. The molecular formula is C25H26N4O2. The van der Waals surface area contributed by atoms with Gasteiger partial charge in [0.15, 0.2) is 0 Å². The van der Waals surface area contributed by atoms with Gasteiger partial charge in [-0.05, 0) is 75.2 Å². The summed E-state index contributed by atoms with van der Waals surface area (Å²) in [5.41, 5.74) is 5.83. The molecule has 1 amide bonds. The third-order valence-electron chi connectivity index (χ3n) is 6.38. The minimum Gasteiger partial charge on any atom is -0.338 e. The summed E-state index contributed by atoms with van der Waals surface area (Å²) in [7, 11) is 0. The average Bonchev–Trinajstić information content (AvgIpc) is 3.31. The van der Waals surface area contributed by atoms with E-state index in [9.17, 15) is 9.59 Å². The number of piperidine rings is 1. The molecule has 0 unspecified atom stereocenters. The molecule has 1 N–H and O–H groups in total. The Labute approximate surface area is 180 Å². The number of fused-ring (bicyclic) bond motifs is 1. The van der Waals surface area contributed by atoms with Crippen LogP contribution in [0.4, 0.5) is 0 Å². The van der Waals surface area contributed by atoms with Crippen LogP contribution in [0, 0.1) is 13.8 Å². The molecule has 0 spiro atoms. The number of aromatic nitrogens is 3. The number of carbonyl (C=O) groups is 1. The summed E-state index contributed by atoms with van der Waals surface area (Å²) in [6, 6.07) is 19.9. The van der Waals surface area contributed by atoms with Crippen molar-refractivity contribution in [2.75, 3.05) is 13.1 Å². The molecule has 4 aromatic rings. The Bertz CT molecular complexity index is 1280. The molecule has 0 bridgehead atoms. The van der Waals surface area contributed by atoms with Crippen LogP contribution in [0.5, 0.6) is 0 Å². The van der Waals surface area contributed by atoms with E-state index in [-0.39, 0.29) is 17.6 Å². The fourth-order valence-electron chi connectivity index (χ4n) is 4.78. The number of carbonyl (C=O) groups excluding carboxylic acids is 1. The monoisotopic (exact) mass is 414 g/mol. The Kier molecular flexibility index (Phi) is 4.77. The SMILES string of the molecule is Cc1ccc(C)n1-c1ccc(C(=O)N2CCC(n3c(=O)[nH]c4ccccc43)CC2)cc1. The molecule has 1 fully saturated rings. The summed E-state index contributed by atoms with van der Waals surface area (Å²) in [5.74, 6) is 0.0530. The van der Waals surface area contributed by atoms with E-state index >= 15 is 0 Å². The van der Waals surface area contributed by atoms with Gasteiger partial charge in [0.25, 0.3) is 5.91 Å². The van der Waals surface area contributed by atoms with E-state index in [1.54, 1.807) is 0 Å². The second-order valence-electron chi connectivity index (χ2n) is 8.34. The topological polar surface area (TPSA) is 63.0 Å². The first-order valence-corrected chi connectivity index (χ1v) is 10.8. The largest absolute Gasteiger partial charge is 0.338 e. The highest BCUT2D eigenvalue weighted by Crippen LogP contribution is 2.26. The van der Waals surface area contributed by atoms with Crippen LogP contribution in [-0.4, -0.2) is 38.0 Å². The van der Waals surface area contributed by atoms with Crippen molar-refractivity contribution >= 4 is 16.9 Å². The van der Waals surface area contributed by atoms with Crippen molar-refractivity contribution in [2.45, 2.75) is 32.7 Å². The molecule has 5 rings (SSSR count). The van der Waals surface area contributed by atoms with Gasteiger partial charge in [0.05, 0.1) is 11.0 Å². The number of aromatic amines is 1. The number of imidazole rings is 1. The van der Waals surface area contributed by atoms with Crippen LogP contribution in [0.25, 0.3) is 16.7 Å². The van der Waals surface area contributed by atoms with E-state index in [2.05, 4.69) is 35.5 Å². The summed E-state index contributed by atoms with van der Waals surface area (Å²) in [4.78, 5) is 30.4. The van der Waals surface area contributed by atoms with Crippen molar-refractivity contribution in [3.05, 3.63) is 88.1 Å². The second-order valence-corrected chi connectivity index (χ2v) is 8.34. The smallest absolute Gasteiger partial charge is 0.326 e. The second kappa shape index (κ2) is 7.61. The Morgan fingerprint density at radius 1 is 0.903 bits per heavy atom. The number of para-hydroxylation sites is 2. The van der Waals surface area contributed by atoms with Crippen LogP contribution >= 0.6 is 0 Å². The molecule has 158 valence electrons. The molecule has 2 aromatic heterocycles. The first-order valence-electron chi connectivity index (χ1n) is 10.8. The molecule has 1 saturated heterocycles. The van der Waals surface area contributed by atoms with Crippen molar-refractivity contribution < 1.29 is 4.79 Å². The summed E-state index contributed by atoms with van der Waals surface area (Å²) in [5, 5.41) is 0. The average molecular weight is 415 g/mol. The van der Waals surface area contributed by atoms with Gasteiger partial charge in [-0.15, -0.1) is 0 Å². The standard InChI is InChI=1S/C25H26N4O2/c1-17-7-8-18(2)28(17)20-11-9-19(10-12-20)24(30)27-15-13-21(14-16-27)29-23-6-4-3-5-22(23)26-25(29)31/h3-12,21H,13-16H2,1-2H3,(H,26,31). The van der Waals surface area contributed by atoms with Crippen LogP contribution in [0.2, 0.25) is 0 Å². The van der Waals surface area contributed by atoms with Gasteiger partial charge in [0.1, 0.15) is 0 Å². The summed E-state index contributed by atoms with van der Waals surface area (Å²) >= 11 is 0. The maximum absolute atomic E-state index is 13.0. The Balaban J connectivity index is 1.30. The van der Waals surface area contributed by atoms with Crippen LogP contribution in [0.15, 0.2) is 65.5 Å². The number of benzene rings is 2. The molecular weight excluding hydrogens is 388 g/mol. The van der Waals surface area contributed by atoms with Crippen molar-refractivity contribution in [1.29, 1.82) is 0 Å². The van der Waals surface area contributed by atoms with Gasteiger partial charge in [0, 0.05) is 41.8 Å². The Hall–Kier alpha value is -3.54. The Morgan fingerprint density at radius 2 is 1.55 bits per heavy atom. The van der Waals surface area contributed by atoms with Crippen LogP contribution in [-0.2, 0) is 0 Å². The van der Waals surface area contributed by atoms with Crippen LogP contribution in [0.3, 0.4) is 0 Å². The fourth-order valence-corrected chi connectivity index (χ4v) is 4.78. The maximum atomic E-state index is 13.0. The van der Waals surface area contributed by atoms with Crippen molar-refractivity contribution in [1.82, 2.24) is 19.0 Å². The van der Waals surface area contributed by atoms with Gasteiger partial charge in [-0.25, -0.2) is 4.79 Å². The lowest BCUT2D eigenvalue weighted by molar-refractivity contribution is 0.0695. The number of H-pyrrole nitrogens is 1. The van der Waals surface area contributed by atoms with Gasteiger partial charge in [-0.2, -0.15) is 0 Å². The molecule has 0 atom stereocenters. The quantitative estimate of drug-likeness (QED) is 0.546. The van der Waals surface area contributed by atoms with Gasteiger partial charge in [-0.3, -0.25) is 9.36 Å². The first kappa shape index (κ1) is 19.4. The first-order chi connectivity index (χ1) is 15.0. The van der Waals surface area contributed by atoms with Gasteiger partial charge in [0.2, 0.25) is 0 Å². The minimum atomic E-state index is -0.0721. The molecule has 0 saturated carbocycles. The van der Waals surface area contributed by atoms with E-state index in [1.807, 2.05) is 58.0 Å². The van der Waals surface area contributed by atoms with Gasteiger partial charge < -0.3 is 14.5 Å². The molecule has 2 aromatic carbocycles. The third-order valence-corrected chi connectivity index (χ3v) is 6.38. The van der Waals surface area contributed by atoms with Crippen molar-refractivity contribution in [3.8, 4) is 5.69 Å². The normalized spacial score (nSPS) is 15.0. The predicted molar refractivity (Wildman–Crippen MR) is 122 cm³/mol. The lowest BCUT2D eigenvalue weighted by Gasteiger charge is -2.32. The van der Waals surface area contributed by atoms with E-state index in [0.717, 1.165) is 29.6 Å². The molecule has 3 heterocycles. The number of amides is 1. The molecule has 6 nitrogen and oxygen atoms in total. The lowest BCUT2D eigenvalue weighted by atomic mass is 10.0. The maximum Gasteiger partial charge on any atom is 0.326 e. The summed E-state index contributed by atoms with van der Waals surface area (Å²) < 4.78 is 4.03. The molecule has 6 heteroatoms. The van der Waals surface area contributed by atoms with Crippen LogP contribution < -0.4 is 5.69 Å². The van der Waals surface area contributed by atoms with Gasteiger partial charge in [-0.1, -0.05) is 12.1 Å². The molecule has 0 aliphatic carbocycles. The highest BCUT2D eigenvalue weighted by atomic mass is 16.2. The van der Waals surface area contributed by atoms with Crippen LogP contribution in [0.1, 0.15) is 40.6 Å². The molecule has 1 aliphatic heterocycles. The molecule has 31 heavy (non-hydrogen) atoms. The lowest BCUT2D eigenvalue weighted by Crippen LogP contribution is -2.40. The summed E-state index contributed by atoms with van der Waals surface area (Å²) in [6.45, 7) is 5.45. The zero-order chi connectivity index (χ0) is 21.5.